The summed E-state index contributed by atoms with van der Waals surface area (Å²) < 4.78 is 23.7. The number of hydrogen-bond donors (Lipinski definition) is 3. The Hall–Kier alpha value is -3.99. The summed E-state index contributed by atoms with van der Waals surface area (Å²) >= 11 is 2.80. The molecule has 5 rings (SSSR count). The summed E-state index contributed by atoms with van der Waals surface area (Å²) in [5, 5.41) is 33.1. The molecule has 16 heteroatoms. The number of nitrogens with zero attached hydrogens (tertiary/aromatic N) is 7. The number of rotatable bonds is 21. The van der Waals surface area contributed by atoms with Crippen LogP contribution in [0.2, 0.25) is 0 Å². The van der Waals surface area contributed by atoms with Crippen molar-refractivity contribution in [1.82, 2.24) is 25.1 Å². The van der Waals surface area contributed by atoms with Crippen molar-refractivity contribution >= 4 is 60.8 Å². The number of halogens is 2. The third-order valence-electron chi connectivity index (χ3n) is 8.52. The minimum absolute atomic E-state index is 0.00623. The number of aliphatic hydroxyl groups excluding tert-OH is 1. The van der Waals surface area contributed by atoms with Gasteiger partial charge in [-0.1, -0.05) is 35.3 Å². The maximum absolute atomic E-state index is 14.8. The Labute approximate surface area is 347 Å². The number of carbonyl (C=O) groups is 1. The van der Waals surface area contributed by atoms with E-state index in [1.165, 1.54) is 21.8 Å². The van der Waals surface area contributed by atoms with E-state index in [9.17, 15) is 19.4 Å². The van der Waals surface area contributed by atoms with Crippen molar-refractivity contribution in [3.63, 3.8) is 0 Å². The number of alkyl halides is 1. The van der Waals surface area contributed by atoms with E-state index in [0.29, 0.717) is 53.1 Å². The predicted molar refractivity (Wildman–Crippen MR) is 219 cm³/mol. The molecule has 56 heavy (non-hydrogen) atoms. The Kier molecular flexibility index (Phi) is 16.1. The maximum atomic E-state index is 14.8. The summed E-state index contributed by atoms with van der Waals surface area (Å²) in [5.74, 6) is 5.65. The number of ether oxygens (including phenoxy) is 1. The van der Waals surface area contributed by atoms with Crippen molar-refractivity contribution in [2.24, 2.45) is 0 Å². The number of aryl methyl sites for hydroxylation is 2. The number of aromatic carboxylic acids is 1. The number of anilines is 4. The number of benzene rings is 2. The van der Waals surface area contributed by atoms with E-state index in [0.717, 1.165) is 55.8 Å². The number of thiazole rings is 2. The second kappa shape index (κ2) is 21.0. The van der Waals surface area contributed by atoms with E-state index >= 15 is 0 Å². The van der Waals surface area contributed by atoms with Crippen LogP contribution in [0.1, 0.15) is 58.6 Å². The first-order valence-electron chi connectivity index (χ1n) is 18.5. The molecule has 0 amide bonds. The number of carboxylic acids is 1. The molecule has 0 spiro atoms. The van der Waals surface area contributed by atoms with Crippen LogP contribution in [0.5, 0.6) is 5.75 Å². The number of aromatic nitrogens is 4. The molecule has 3 N–H and O–H groups in total. The number of para-hydroxylation sites is 1. The molecule has 300 valence electrons. The van der Waals surface area contributed by atoms with Gasteiger partial charge in [-0.25, -0.2) is 9.37 Å². The van der Waals surface area contributed by atoms with Crippen molar-refractivity contribution in [2.45, 2.75) is 45.4 Å². The molecule has 0 aliphatic carbocycles. The van der Waals surface area contributed by atoms with Crippen LogP contribution in [0.25, 0.3) is 10.2 Å². The minimum Gasteiger partial charge on any atom is -0.220 e. The molecule has 0 fully saturated rings. The van der Waals surface area contributed by atoms with Crippen LogP contribution in [0.4, 0.5) is 26.3 Å². The van der Waals surface area contributed by atoms with Crippen LogP contribution in [-0.4, -0.2) is 109 Å². The Balaban J connectivity index is 1.28. The Morgan fingerprint density at radius 2 is 1.86 bits per heavy atom. The predicted octanol–water partition coefficient (Wildman–Crippen LogP) is 4.13. The quantitative estimate of drug-likeness (QED) is 0.0323. The third-order valence-corrected chi connectivity index (χ3v) is 14.2. The molecule has 0 saturated carbocycles. The van der Waals surface area contributed by atoms with Crippen molar-refractivity contribution in [2.75, 3.05) is 75.7 Å². The second-order valence-electron chi connectivity index (χ2n) is 13.9. The van der Waals surface area contributed by atoms with Crippen LogP contribution >= 0.6 is 22.7 Å². The Bertz CT molecular complexity index is 2100. The van der Waals surface area contributed by atoms with E-state index in [2.05, 4.69) is 51.4 Å². The molecule has 0 atom stereocenters. The van der Waals surface area contributed by atoms with E-state index in [-0.39, 0.29) is 46.1 Å². The van der Waals surface area contributed by atoms with Gasteiger partial charge in [-0.05, 0) is 44.4 Å². The molecule has 0 saturated heterocycles. The third kappa shape index (κ3) is 12.8. The zero-order valence-corrected chi connectivity index (χ0v) is 36.3. The number of quaternary nitrogens is 1. The van der Waals surface area contributed by atoms with Gasteiger partial charge >= 0.3 is 216 Å². The Morgan fingerprint density at radius 3 is 2.59 bits per heavy atom. The van der Waals surface area contributed by atoms with Gasteiger partial charge < -0.3 is 4.74 Å². The number of hydrogen-bond acceptors (Lipinski definition) is 12. The SMILES string of the molecule is Cc1cc(N(CCCCC[I-][N+](C)(C)CCCO)c2nc(C(=O)O)c(CCCOc3ccc(C#CCN(C)C)cc3F)s2)nnc1Nc1nc2ccccc2s1. The number of aliphatic hydroxyl groups is 1. The van der Waals surface area contributed by atoms with E-state index < -0.39 is 11.8 Å². The Morgan fingerprint density at radius 1 is 1.04 bits per heavy atom. The topological polar surface area (TPSA) is 137 Å². The summed E-state index contributed by atoms with van der Waals surface area (Å²) in [6.45, 7) is 4.53. The molecule has 3 heterocycles. The zero-order valence-electron chi connectivity index (χ0n) is 32.5. The minimum atomic E-state index is -1.11. The van der Waals surface area contributed by atoms with Crippen LogP contribution in [0, 0.1) is 24.6 Å². The van der Waals surface area contributed by atoms with Gasteiger partial charge in [-0.15, -0.1) is 0 Å². The molecule has 2 aromatic carbocycles. The van der Waals surface area contributed by atoms with Gasteiger partial charge in [-0.2, -0.15) is 0 Å². The van der Waals surface area contributed by atoms with Crippen molar-refractivity contribution in [3.8, 4) is 17.6 Å². The van der Waals surface area contributed by atoms with Crippen LogP contribution in [0.3, 0.4) is 0 Å². The van der Waals surface area contributed by atoms with Gasteiger partial charge in [0.2, 0.25) is 0 Å². The molecule has 0 aliphatic rings. The molecule has 0 bridgehead atoms. The fourth-order valence-corrected chi connectivity index (χ4v) is 10.5. The van der Waals surface area contributed by atoms with Gasteiger partial charge in [0.15, 0.2) is 11.6 Å². The summed E-state index contributed by atoms with van der Waals surface area (Å²) in [6, 6.07) is 14.5. The normalized spacial score (nSPS) is 11.6. The van der Waals surface area contributed by atoms with Crippen molar-refractivity contribution in [3.05, 3.63) is 76.0 Å². The molecule has 0 aliphatic heterocycles. The summed E-state index contributed by atoms with van der Waals surface area (Å²) in [5.41, 5.74) is 2.34. The smallest absolute Gasteiger partial charge is 0.220 e. The van der Waals surface area contributed by atoms with Gasteiger partial charge in [0, 0.05) is 5.56 Å². The van der Waals surface area contributed by atoms with E-state index in [4.69, 9.17) is 4.74 Å². The number of fused-ring (bicyclic) bond motifs is 1. The fraction of sp³-hybridized carbons (Fsp3) is 0.425. The standard InChI is InChI=1S/C40H50FIN8O4S2/c1-28-26-35(46-47-37(28)45-39-43-31-15-7-8-16-33(31)55-39)49(22-10-6-9-20-42-50(4,5)23-13-24-51)40-44-36(38(52)53)34(56-40)17-12-25-54-32-19-18-29(27-30(32)41)14-11-21-48(2)3/h7-8,15-16,18-19,26-27,51H,6,9-10,12-13,17,20-25H2,1-5H3,(H,52,53)(H,43,45,47). The first-order valence-corrected chi connectivity index (χ1v) is 22.6. The first kappa shape index (κ1) is 43.1. The first-order chi connectivity index (χ1) is 26.9. The van der Waals surface area contributed by atoms with Crippen molar-refractivity contribution in [1.29, 1.82) is 0 Å². The molecule has 5 aromatic rings. The molecule has 0 radical (unpaired) electrons. The average Bonchev–Trinajstić information content (AvgIpc) is 3.78. The van der Waals surface area contributed by atoms with E-state index in [1.807, 2.05) is 61.2 Å². The molecular formula is C40H50FIN8O4S2. The fourth-order valence-electron chi connectivity index (χ4n) is 5.60. The monoisotopic (exact) mass is 916 g/mol. The summed E-state index contributed by atoms with van der Waals surface area (Å²) in [7, 11) is 8.32. The number of unbranched alkanes of at least 4 members (excludes halogenated alkanes) is 2. The van der Waals surface area contributed by atoms with E-state index in [1.54, 1.807) is 23.5 Å². The van der Waals surface area contributed by atoms with Crippen LogP contribution in [0.15, 0.2) is 48.5 Å². The second-order valence-corrected chi connectivity index (χ2v) is 20.4. The number of nitrogens with one attached hydrogen (secondary N) is 1. The van der Waals surface area contributed by atoms with Gasteiger partial charge in [0.1, 0.15) is 0 Å². The molecule has 12 nitrogen and oxygen atoms in total. The average molecular weight is 917 g/mol. The number of carboxylic acid groups (broad SMARTS) is 1. The zero-order chi connectivity index (χ0) is 40.1. The molecule has 3 aromatic heterocycles. The van der Waals surface area contributed by atoms with Crippen LogP contribution in [-0.2, 0) is 6.42 Å². The summed E-state index contributed by atoms with van der Waals surface area (Å²) in [6.07, 6.45) is 4.63. The molecule has 0 unspecified atom stereocenters. The van der Waals surface area contributed by atoms with Crippen molar-refractivity contribution < 1.29 is 48.3 Å². The summed E-state index contributed by atoms with van der Waals surface area (Å²) in [4.78, 5) is 26.2. The van der Waals surface area contributed by atoms with Gasteiger partial charge in [-0.3, -0.25) is 4.90 Å². The molecular weight excluding hydrogens is 867 g/mol. The van der Waals surface area contributed by atoms with Crippen LogP contribution < -0.4 is 36.4 Å². The van der Waals surface area contributed by atoms with Gasteiger partial charge in [0.25, 0.3) is 0 Å². The van der Waals surface area contributed by atoms with Gasteiger partial charge in [0.05, 0.1) is 16.8 Å².